The van der Waals surface area contributed by atoms with Crippen LogP contribution in [0.1, 0.15) is 20.8 Å². The Hall–Kier alpha value is -3.27. The van der Waals surface area contributed by atoms with E-state index >= 15 is 8.78 Å². The fourth-order valence-electron chi connectivity index (χ4n) is 3.99. The first-order chi connectivity index (χ1) is 14.6. The summed E-state index contributed by atoms with van der Waals surface area (Å²) in [7, 11) is 0. The maximum absolute atomic E-state index is 15.7. The Balaban J connectivity index is 1.86. The Morgan fingerprint density at radius 3 is 2.61 bits per heavy atom. The number of anilines is 2. The van der Waals surface area contributed by atoms with Gasteiger partial charge in [-0.2, -0.15) is 5.10 Å². The summed E-state index contributed by atoms with van der Waals surface area (Å²) in [6.07, 6.45) is 1.11. The Morgan fingerprint density at radius 2 is 1.94 bits per heavy atom. The number of piperazine rings is 1. The Kier molecular flexibility index (Phi) is 4.84. The number of nitrogen functional groups attached to an aromatic ring is 1. The van der Waals surface area contributed by atoms with Crippen molar-refractivity contribution in [2.45, 2.75) is 26.3 Å². The van der Waals surface area contributed by atoms with Crippen molar-refractivity contribution in [1.82, 2.24) is 19.5 Å². The summed E-state index contributed by atoms with van der Waals surface area (Å²) in [4.78, 5) is 31.5. The molecule has 2 amide bonds. The van der Waals surface area contributed by atoms with Gasteiger partial charge in [0.2, 0.25) is 5.91 Å². The third-order valence-electron chi connectivity index (χ3n) is 5.53. The summed E-state index contributed by atoms with van der Waals surface area (Å²) >= 11 is 6.07. The Morgan fingerprint density at radius 1 is 1.23 bits per heavy atom. The van der Waals surface area contributed by atoms with Crippen LogP contribution < -0.4 is 10.6 Å². The summed E-state index contributed by atoms with van der Waals surface area (Å²) < 4.78 is 31.8. The average molecular weight is 449 g/mol. The molecule has 31 heavy (non-hydrogen) atoms. The Bertz CT molecular complexity index is 1240. The number of hydrogen-bond acceptors (Lipinski definition) is 5. The second-order valence-electron chi connectivity index (χ2n) is 7.71. The van der Waals surface area contributed by atoms with Gasteiger partial charge in [-0.15, -0.1) is 0 Å². The number of nitrogens with two attached hydrogens (primary N) is 1. The quantitative estimate of drug-likeness (QED) is 0.650. The van der Waals surface area contributed by atoms with Crippen molar-refractivity contribution in [2.24, 2.45) is 0 Å². The lowest BCUT2D eigenvalue weighted by molar-refractivity contribution is -0.145. The first-order valence-electron chi connectivity index (χ1n) is 9.42. The van der Waals surface area contributed by atoms with E-state index in [4.69, 9.17) is 17.3 Å². The van der Waals surface area contributed by atoms with Crippen LogP contribution >= 0.6 is 11.6 Å². The first-order valence-corrected chi connectivity index (χ1v) is 9.80. The number of benzene rings is 1. The summed E-state index contributed by atoms with van der Waals surface area (Å²) in [5.74, 6) is -2.48. The third kappa shape index (κ3) is 3.01. The molecule has 1 fully saturated rings. The van der Waals surface area contributed by atoms with Crippen LogP contribution in [0.4, 0.5) is 20.3 Å². The highest BCUT2D eigenvalue weighted by atomic mass is 35.5. The molecular weight excluding hydrogens is 430 g/mol. The zero-order valence-electron chi connectivity index (χ0n) is 17.0. The van der Waals surface area contributed by atoms with Gasteiger partial charge < -0.3 is 15.5 Å². The largest absolute Gasteiger partial charge is 0.382 e. The number of aromatic nitrogens is 3. The van der Waals surface area contributed by atoms with Gasteiger partial charge in [0.15, 0.2) is 17.5 Å². The van der Waals surface area contributed by atoms with Crippen molar-refractivity contribution >= 4 is 40.4 Å². The molecule has 4 rings (SSSR count). The van der Waals surface area contributed by atoms with E-state index in [-0.39, 0.29) is 52.3 Å². The molecule has 162 valence electrons. The molecule has 0 unspecified atom stereocenters. The lowest BCUT2D eigenvalue weighted by Gasteiger charge is -2.45. The SMILES string of the molecule is CC(=O)N1CCN(c2cccc(-c3c(F)c(Cl)c4c(N)ncnn34)c2F)C(=O)C1(C)C. The smallest absolute Gasteiger partial charge is 0.252 e. The van der Waals surface area contributed by atoms with E-state index in [0.717, 1.165) is 10.8 Å². The van der Waals surface area contributed by atoms with Crippen LogP contribution in [0, 0.1) is 11.6 Å². The normalized spacial score (nSPS) is 16.3. The fraction of sp³-hybridized carbons (Fsp3) is 0.300. The highest BCUT2D eigenvalue weighted by molar-refractivity contribution is 6.35. The molecule has 3 heterocycles. The monoisotopic (exact) mass is 448 g/mol. The van der Waals surface area contributed by atoms with Crippen LogP contribution in [-0.4, -0.2) is 49.9 Å². The van der Waals surface area contributed by atoms with E-state index in [0.29, 0.717) is 0 Å². The lowest BCUT2D eigenvalue weighted by atomic mass is 9.96. The second-order valence-corrected chi connectivity index (χ2v) is 8.09. The number of hydrogen-bond donors (Lipinski definition) is 1. The molecule has 1 saturated heterocycles. The van der Waals surface area contributed by atoms with Gasteiger partial charge in [0.1, 0.15) is 28.1 Å². The number of carbonyl (C=O) groups is 2. The summed E-state index contributed by atoms with van der Waals surface area (Å²) in [6.45, 7) is 4.91. The van der Waals surface area contributed by atoms with Crippen molar-refractivity contribution in [3.05, 3.63) is 41.2 Å². The standard InChI is InChI=1S/C20H19ClF2N6O2/c1-10(30)28-8-7-27(19(31)20(28,2)3)12-6-4-5-11(14(12)22)16-15(23)13(21)17-18(24)25-9-26-29(16)17/h4-6,9H,7-8H2,1-3H3,(H2,24,25,26). The van der Waals surface area contributed by atoms with E-state index in [1.54, 1.807) is 13.8 Å². The molecular formula is C20H19ClF2N6O2. The van der Waals surface area contributed by atoms with E-state index in [1.807, 2.05) is 0 Å². The molecule has 3 aromatic rings. The van der Waals surface area contributed by atoms with Crippen LogP contribution in [0.3, 0.4) is 0 Å². The zero-order chi connectivity index (χ0) is 22.7. The van der Waals surface area contributed by atoms with Crippen LogP contribution in [0.2, 0.25) is 5.02 Å². The summed E-state index contributed by atoms with van der Waals surface area (Å²) in [6, 6.07) is 4.29. The minimum absolute atomic E-state index is 0.0220. The molecule has 0 aliphatic carbocycles. The van der Waals surface area contributed by atoms with Gasteiger partial charge in [-0.1, -0.05) is 17.7 Å². The van der Waals surface area contributed by atoms with E-state index < -0.39 is 23.1 Å². The molecule has 2 aromatic heterocycles. The number of rotatable bonds is 2. The average Bonchev–Trinajstić information content (AvgIpc) is 2.96. The van der Waals surface area contributed by atoms with Gasteiger partial charge in [-0.25, -0.2) is 18.3 Å². The van der Waals surface area contributed by atoms with Crippen molar-refractivity contribution in [3.63, 3.8) is 0 Å². The van der Waals surface area contributed by atoms with E-state index in [2.05, 4.69) is 10.1 Å². The topological polar surface area (TPSA) is 96.8 Å². The number of halogens is 3. The van der Waals surface area contributed by atoms with Crippen molar-refractivity contribution < 1.29 is 18.4 Å². The molecule has 8 nitrogen and oxygen atoms in total. The Labute approximate surface area is 181 Å². The summed E-state index contributed by atoms with van der Waals surface area (Å²) in [5, 5.41) is 3.63. The molecule has 0 radical (unpaired) electrons. The number of fused-ring (bicyclic) bond motifs is 1. The molecule has 0 atom stereocenters. The van der Waals surface area contributed by atoms with E-state index in [9.17, 15) is 9.59 Å². The summed E-state index contributed by atoms with van der Waals surface area (Å²) in [5.41, 5.74) is 4.23. The van der Waals surface area contributed by atoms with Gasteiger partial charge in [-0.3, -0.25) is 9.59 Å². The predicted octanol–water partition coefficient (Wildman–Crippen LogP) is 2.88. The molecule has 0 spiro atoms. The van der Waals surface area contributed by atoms with Crippen molar-refractivity contribution in [2.75, 3.05) is 23.7 Å². The number of amides is 2. The van der Waals surface area contributed by atoms with Gasteiger partial charge in [-0.05, 0) is 26.0 Å². The molecule has 11 heteroatoms. The fourth-order valence-corrected chi connectivity index (χ4v) is 4.26. The van der Waals surface area contributed by atoms with Crippen LogP contribution in [-0.2, 0) is 9.59 Å². The minimum Gasteiger partial charge on any atom is -0.382 e. The van der Waals surface area contributed by atoms with Gasteiger partial charge in [0, 0.05) is 25.6 Å². The van der Waals surface area contributed by atoms with E-state index in [1.165, 1.54) is 34.9 Å². The third-order valence-corrected chi connectivity index (χ3v) is 5.88. The molecule has 0 bridgehead atoms. The molecule has 1 aliphatic heterocycles. The maximum atomic E-state index is 15.7. The van der Waals surface area contributed by atoms with Crippen LogP contribution in [0.15, 0.2) is 24.5 Å². The van der Waals surface area contributed by atoms with Gasteiger partial charge >= 0.3 is 0 Å². The highest BCUT2D eigenvalue weighted by Crippen LogP contribution is 2.39. The van der Waals surface area contributed by atoms with Crippen molar-refractivity contribution in [1.29, 1.82) is 0 Å². The zero-order valence-corrected chi connectivity index (χ0v) is 17.7. The molecule has 1 aromatic carbocycles. The molecule has 1 aliphatic rings. The van der Waals surface area contributed by atoms with Crippen molar-refractivity contribution in [3.8, 4) is 11.3 Å². The minimum atomic E-state index is -1.16. The molecule has 2 N–H and O–H groups in total. The van der Waals surface area contributed by atoms with Crippen LogP contribution in [0.5, 0.6) is 0 Å². The number of carbonyl (C=O) groups excluding carboxylic acids is 2. The highest BCUT2D eigenvalue weighted by Gasteiger charge is 2.44. The molecule has 0 saturated carbocycles. The van der Waals surface area contributed by atoms with Crippen LogP contribution in [0.25, 0.3) is 16.8 Å². The predicted molar refractivity (Wildman–Crippen MR) is 112 cm³/mol. The van der Waals surface area contributed by atoms with Gasteiger partial charge in [0.05, 0.1) is 5.69 Å². The lowest BCUT2D eigenvalue weighted by Crippen LogP contribution is -2.64. The first kappa shape index (κ1) is 21.0. The number of nitrogens with zero attached hydrogens (tertiary/aromatic N) is 5. The maximum Gasteiger partial charge on any atom is 0.252 e. The second kappa shape index (κ2) is 7.16. The van der Waals surface area contributed by atoms with Gasteiger partial charge in [0.25, 0.3) is 5.91 Å².